The van der Waals surface area contributed by atoms with Gasteiger partial charge < -0.3 is 5.32 Å². The minimum absolute atomic E-state index is 0.525. The fraction of sp³-hybridized carbons (Fsp3) is 0.733. The van der Waals surface area contributed by atoms with Crippen LogP contribution < -0.4 is 5.32 Å². The Bertz CT molecular complexity index is 279. The lowest BCUT2D eigenvalue weighted by molar-refractivity contribution is 0.340. The molecule has 2 heteroatoms. The van der Waals surface area contributed by atoms with Crippen molar-refractivity contribution in [1.82, 2.24) is 5.32 Å². The summed E-state index contributed by atoms with van der Waals surface area (Å²) in [5.74, 6) is 0.657. The van der Waals surface area contributed by atoms with Gasteiger partial charge in [-0.15, -0.1) is 11.3 Å². The van der Waals surface area contributed by atoms with E-state index in [2.05, 4.69) is 50.5 Å². The van der Waals surface area contributed by atoms with Gasteiger partial charge in [-0.25, -0.2) is 0 Å². The van der Waals surface area contributed by atoms with E-state index in [4.69, 9.17) is 0 Å². The summed E-state index contributed by atoms with van der Waals surface area (Å²) in [7, 11) is 0. The van der Waals surface area contributed by atoms with Crippen LogP contribution in [-0.2, 0) is 0 Å². The second kappa shape index (κ2) is 7.88. The van der Waals surface area contributed by atoms with Gasteiger partial charge in [0.2, 0.25) is 0 Å². The van der Waals surface area contributed by atoms with E-state index in [1.165, 1.54) is 30.6 Å². The van der Waals surface area contributed by atoms with Crippen molar-refractivity contribution in [3.63, 3.8) is 0 Å². The summed E-state index contributed by atoms with van der Waals surface area (Å²) in [6.07, 6.45) is 5.17. The minimum atomic E-state index is 0.525. The van der Waals surface area contributed by atoms with Gasteiger partial charge in [0, 0.05) is 17.0 Å². The van der Waals surface area contributed by atoms with Crippen LogP contribution in [0.4, 0.5) is 0 Å². The first-order chi connectivity index (χ1) is 8.19. The van der Waals surface area contributed by atoms with Gasteiger partial charge in [0.15, 0.2) is 0 Å². The summed E-state index contributed by atoms with van der Waals surface area (Å²) >= 11 is 1.87. The molecular formula is C15H27NS. The average molecular weight is 253 g/mol. The first-order valence-corrected chi connectivity index (χ1v) is 7.86. The van der Waals surface area contributed by atoms with Gasteiger partial charge >= 0.3 is 0 Å². The summed E-state index contributed by atoms with van der Waals surface area (Å²) in [6.45, 7) is 9.18. The fourth-order valence-electron chi connectivity index (χ4n) is 2.18. The number of nitrogens with one attached hydrogen (secondary N) is 1. The maximum atomic E-state index is 3.85. The smallest absolute Gasteiger partial charge is 0.0440 e. The quantitative estimate of drug-likeness (QED) is 0.687. The number of thiophene rings is 1. The molecule has 1 heterocycles. The van der Waals surface area contributed by atoms with Crippen LogP contribution in [0.2, 0.25) is 0 Å². The Morgan fingerprint density at radius 1 is 1.29 bits per heavy atom. The number of rotatable bonds is 8. The van der Waals surface area contributed by atoms with Crippen LogP contribution in [0.3, 0.4) is 0 Å². The van der Waals surface area contributed by atoms with E-state index in [0.717, 1.165) is 0 Å². The topological polar surface area (TPSA) is 12.0 Å². The third kappa shape index (κ3) is 4.81. The summed E-state index contributed by atoms with van der Waals surface area (Å²) in [4.78, 5) is 1.48. The molecule has 0 saturated heterocycles. The predicted octanol–water partition coefficient (Wildman–Crippen LogP) is 5.00. The van der Waals surface area contributed by atoms with Gasteiger partial charge in [0.25, 0.3) is 0 Å². The molecule has 0 aromatic carbocycles. The van der Waals surface area contributed by atoms with Crippen LogP contribution in [0, 0.1) is 5.92 Å². The highest BCUT2D eigenvalue weighted by Gasteiger charge is 2.19. The second-order valence-corrected chi connectivity index (χ2v) is 6.13. The Labute approximate surface area is 111 Å². The molecule has 2 unspecified atom stereocenters. The normalized spacial score (nSPS) is 15.1. The van der Waals surface area contributed by atoms with Crippen molar-refractivity contribution in [2.24, 2.45) is 5.92 Å². The van der Waals surface area contributed by atoms with Gasteiger partial charge in [0.1, 0.15) is 0 Å². The van der Waals surface area contributed by atoms with E-state index >= 15 is 0 Å². The Morgan fingerprint density at radius 3 is 2.53 bits per heavy atom. The van der Waals surface area contributed by atoms with E-state index in [9.17, 15) is 0 Å². The summed E-state index contributed by atoms with van der Waals surface area (Å²) < 4.78 is 0. The molecule has 0 fully saturated rings. The van der Waals surface area contributed by atoms with Crippen molar-refractivity contribution in [3.8, 4) is 0 Å². The van der Waals surface area contributed by atoms with Crippen LogP contribution in [0.1, 0.15) is 64.3 Å². The van der Waals surface area contributed by atoms with Crippen LogP contribution in [0.5, 0.6) is 0 Å². The molecule has 1 nitrogen and oxygen atoms in total. The lowest BCUT2D eigenvalue weighted by atomic mass is 9.99. The zero-order valence-electron chi connectivity index (χ0n) is 11.7. The number of unbranched alkanes of at least 4 members (excludes halogenated alkanes) is 1. The molecule has 0 aliphatic heterocycles. The van der Waals surface area contributed by atoms with Gasteiger partial charge in [-0.1, -0.05) is 46.6 Å². The molecule has 0 radical (unpaired) electrons. The molecule has 0 spiro atoms. The van der Waals surface area contributed by atoms with Crippen LogP contribution >= 0.6 is 11.3 Å². The number of hydrogen-bond acceptors (Lipinski definition) is 2. The van der Waals surface area contributed by atoms with Crippen LogP contribution in [0.25, 0.3) is 0 Å². The third-order valence-corrected chi connectivity index (χ3v) is 4.29. The standard InChI is InChI=1S/C15H27NS/c1-5-7-9-13(6-2)16-15(12(3)4)14-10-8-11-17-14/h8,10-13,15-16H,5-7,9H2,1-4H3. The van der Waals surface area contributed by atoms with Crippen molar-refractivity contribution in [2.75, 3.05) is 0 Å². The Morgan fingerprint density at radius 2 is 2.06 bits per heavy atom. The highest BCUT2D eigenvalue weighted by molar-refractivity contribution is 7.10. The maximum absolute atomic E-state index is 3.85. The molecule has 0 aliphatic rings. The molecular weight excluding hydrogens is 226 g/mol. The molecule has 1 rings (SSSR count). The molecule has 2 atom stereocenters. The van der Waals surface area contributed by atoms with E-state index in [0.29, 0.717) is 18.0 Å². The second-order valence-electron chi connectivity index (χ2n) is 5.15. The SMILES string of the molecule is CCCCC(CC)NC(c1cccs1)C(C)C. The molecule has 17 heavy (non-hydrogen) atoms. The van der Waals surface area contributed by atoms with Crippen molar-refractivity contribution in [2.45, 2.75) is 65.5 Å². The molecule has 1 aromatic rings. The molecule has 0 saturated carbocycles. The van der Waals surface area contributed by atoms with E-state index in [1.54, 1.807) is 0 Å². The highest BCUT2D eigenvalue weighted by atomic mass is 32.1. The number of hydrogen-bond donors (Lipinski definition) is 1. The minimum Gasteiger partial charge on any atom is -0.306 e. The fourth-order valence-corrected chi connectivity index (χ4v) is 3.14. The third-order valence-electron chi connectivity index (χ3n) is 3.33. The zero-order chi connectivity index (χ0) is 12.7. The first kappa shape index (κ1) is 14.7. The van der Waals surface area contributed by atoms with Crippen molar-refractivity contribution < 1.29 is 0 Å². The molecule has 0 amide bonds. The van der Waals surface area contributed by atoms with E-state index < -0.39 is 0 Å². The van der Waals surface area contributed by atoms with Gasteiger partial charge in [-0.2, -0.15) is 0 Å². The Hall–Kier alpha value is -0.340. The predicted molar refractivity (Wildman–Crippen MR) is 78.6 cm³/mol. The largest absolute Gasteiger partial charge is 0.306 e. The maximum Gasteiger partial charge on any atom is 0.0440 e. The molecule has 0 bridgehead atoms. The zero-order valence-corrected chi connectivity index (χ0v) is 12.5. The Balaban J connectivity index is 2.59. The monoisotopic (exact) mass is 253 g/mol. The average Bonchev–Trinajstić information content (AvgIpc) is 2.82. The van der Waals surface area contributed by atoms with Crippen molar-refractivity contribution in [1.29, 1.82) is 0 Å². The van der Waals surface area contributed by atoms with E-state index in [-0.39, 0.29) is 0 Å². The summed E-state index contributed by atoms with van der Waals surface area (Å²) in [5.41, 5.74) is 0. The highest BCUT2D eigenvalue weighted by Crippen LogP contribution is 2.27. The van der Waals surface area contributed by atoms with Crippen LogP contribution in [0.15, 0.2) is 17.5 Å². The van der Waals surface area contributed by atoms with Crippen molar-refractivity contribution >= 4 is 11.3 Å². The van der Waals surface area contributed by atoms with E-state index in [1.807, 2.05) is 11.3 Å². The van der Waals surface area contributed by atoms with Crippen LogP contribution in [-0.4, -0.2) is 6.04 Å². The molecule has 1 N–H and O–H groups in total. The molecule has 0 aliphatic carbocycles. The molecule has 98 valence electrons. The van der Waals surface area contributed by atoms with Gasteiger partial charge in [-0.3, -0.25) is 0 Å². The lowest BCUT2D eigenvalue weighted by Crippen LogP contribution is -2.34. The van der Waals surface area contributed by atoms with Gasteiger partial charge in [0.05, 0.1) is 0 Å². The lowest BCUT2D eigenvalue weighted by Gasteiger charge is -2.27. The summed E-state index contributed by atoms with van der Waals surface area (Å²) in [5, 5.41) is 6.03. The van der Waals surface area contributed by atoms with Gasteiger partial charge in [-0.05, 0) is 30.2 Å². The molecule has 1 aromatic heterocycles. The van der Waals surface area contributed by atoms with Crippen molar-refractivity contribution in [3.05, 3.63) is 22.4 Å². The first-order valence-electron chi connectivity index (χ1n) is 6.98. The summed E-state index contributed by atoms with van der Waals surface area (Å²) in [6, 6.07) is 5.61. The Kier molecular flexibility index (Phi) is 6.83.